The van der Waals surface area contributed by atoms with Gasteiger partial charge in [-0.3, -0.25) is 0 Å². The molecular weight excluding hydrogens is 322 g/mol. The molecule has 1 rings (SSSR count). The van der Waals surface area contributed by atoms with E-state index < -0.39 is 46.5 Å². The molecule has 0 unspecified atom stereocenters. The first-order chi connectivity index (χ1) is 10.3. The van der Waals surface area contributed by atoms with Crippen molar-refractivity contribution in [1.29, 1.82) is 0 Å². The van der Waals surface area contributed by atoms with Crippen LogP contribution in [0.5, 0.6) is 0 Å². The second kappa shape index (κ2) is 9.05. The Bertz CT molecular complexity index is 418. The minimum Gasteiger partial charge on any atom is -0.394 e. The maximum Gasteiger partial charge on any atom is 0.241 e. The predicted octanol–water partition coefficient (Wildman–Crippen LogP) is -3.63. The maximum atomic E-state index is 12.0. The van der Waals surface area contributed by atoms with Gasteiger partial charge in [-0.25, -0.2) is 13.1 Å². The molecule has 1 fully saturated rings. The molecule has 0 aliphatic carbocycles. The lowest BCUT2D eigenvalue weighted by atomic mass is 10.1. The summed E-state index contributed by atoms with van der Waals surface area (Å²) in [4.78, 5) is 0. The van der Waals surface area contributed by atoms with Crippen molar-refractivity contribution in [2.75, 3.05) is 40.1 Å². The number of ether oxygens (including phenoxy) is 3. The molecule has 0 radical (unpaired) electrons. The average Bonchev–Trinajstić information content (AvgIpc) is 2.79. The van der Waals surface area contributed by atoms with Crippen LogP contribution in [0.2, 0.25) is 0 Å². The minimum atomic E-state index is -4.10. The number of sulfonamides is 1. The lowest BCUT2D eigenvalue weighted by molar-refractivity contribution is -0.0721. The van der Waals surface area contributed by atoms with E-state index in [0.29, 0.717) is 13.2 Å². The van der Waals surface area contributed by atoms with Crippen LogP contribution in [0.3, 0.4) is 0 Å². The Kier molecular flexibility index (Phi) is 8.10. The summed E-state index contributed by atoms with van der Waals surface area (Å²) in [6.07, 6.45) is -6.25. The molecule has 5 atom stereocenters. The Hall–Kier alpha value is -0.370. The second-order valence-electron chi connectivity index (χ2n) is 4.74. The second-order valence-corrected chi connectivity index (χ2v) is 6.59. The summed E-state index contributed by atoms with van der Waals surface area (Å²) in [5.74, 6) is 0. The van der Waals surface area contributed by atoms with Gasteiger partial charge in [0.1, 0.15) is 24.4 Å². The van der Waals surface area contributed by atoms with Crippen molar-refractivity contribution in [3.63, 3.8) is 0 Å². The van der Waals surface area contributed by atoms with Crippen LogP contribution in [0.25, 0.3) is 0 Å². The predicted molar refractivity (Wildman–Crippen MR) is 73.4 cm³/mol. The van der Waals surface area contributed by atoms with E-state index in [1.807, 2.05) is 0 Å². The third-order valence-electron chi connectivity index (χ3n) is 3.11. The van der Waals surface area contributed by atoms with Crippen LogP contribution in [-0.2, 0) is 24.2 Å². The van der Waals surface area contributed by atoms with Crippen molar-refractivity contribution < 1.29 is 43.1 Å². The Balaban J connectivity index is 2.51. The van der Waals surface area contributed by atoms with Crippen LogP contribution >= 0.6 is 0 Å². The van der Waals surface area contributed by atoms with Crippen molar-refractivity contribution in [3.8, 4) is 0 Å². The lowest BCUT2D eigenvalue weighted by Gasteiger charge is -2.18. The van der Waals surface area contributed by atoms with Crippen molar-refractivity contribution in [2.24, 2.45) is 0 Å². The van der Waals surface area contributed by atoms with E-state index in [1.165, 1.54) is 7.11 Å². The van der Waals surface area contributed by atoms with Gasteiger partial charge in [0.2, 0.25) is 15.5 Å². The fourth-order valence-electron chi connectivity index (χ4n) is 1.93. The van der Waals surface area contributed by atoms with Gasteiger partial charge in [-0.1, -0.05) is 0 Å². The average molecular weight is 345 g/mol. The van der Waals surface area contributed by atoms with E-state index in [-0.39, 0.29) is 13.2 Å². The molecule has 1 aliphatic heterocycles. The number of methoxy groups -OCH3 is 1. The molecule has 0 spiro atoms. The zero-order valence-corrected chi connectivity index (χ0v) is 13.0. The molecule has 5 N–H and O–H groups in total. The van der Waals surface area contributed by atoms with Crippen LogP contribution in [-0.4, -0.2) is 98.8 Å². The largest absolute Gasteiger partial charge is 0.394 e. The van der Waals surface area contributed by atoms with Crippen molar-refractivity contribution in [3.05, 3.63) is 0 Å². The first-order valence-electron chi connectivity index (χ1n) is 6.70. The van der Waals surface area contributed by atoms with Crippen LogP contribution in [0.1, 0.15) is 0 Å². The summed E-state index contributed by atoms with van der Waals surface area (Å²) in [5, 5.41) is 37.7. The number of aliphatic hydroxyl groups excluding tert-OH is 4. The van der Waals surface area contributed by atoms with Crippen molar-refractivity contribution in [1.82, 2.24) is 4.72 Å². The molecule has 0 bridgehead atoms. The van der Waals surface area contributed by atoms with E-state index in [2.05, 4.69) is 4.72 Å². The Labute approximate surface area is 128 Å². The minimum absolute atomic E-state index is 0.0536. The Morgan fingerprint density at radius 1 is 1.23 bits per heavy atom. The van der Waals surface area contributed by atoms with Gasteiger partial charge in [-0.2, -0.15) is 0 Å². The van der Waals surface area contributed by atoms with E-state index in [4.69, 9.17) is 19.3 Å². The summed E-state index contributed by atoms with van der Waals surface area (Å²) >= 11 is 0. The third-order valence-corrected chi connectivity index (χ3v) is 4.72. The van der Waals surface area contributed by atoms with Crippen LogP contribution in [0.15, 0.2) is 0 Å². The monoisotopic (exact) mass is 345 g/mol. The number of aliphatic hydroxyl groups is 4. The highest BCUT2D eigenvalue weighted by Crippen LogP contribution is 2.26. The highest BCUT2D eigenvalue weighted by Gasteiger charge is 2.51. The topological polar surface area (TPSA) is 155 Å². The summed E-state index contributed by atoms with van der Waals surface area (Å²) < 4.78 is 41.0. The fraction of sp³-hybridized carbons (Fsp3) is 1.00. The molecule has 0 amide bonds. The van der Waals surface area contributed by atoms with Crippen LogP contribution in [0, 0.1) is 0 Å². The molecule has 1 heterocycles. The van der Waals surface area contributed by atoms with Crippen LogP contribution < -0.4 is 4.72 Å². The first kappa shape index (κ1) is 19.7. The molecular formula is C11H23NO9S. The van der Waals surface area contributed by atoms with Gasteiger partial charge in [-0.05, 0) is 0 Å². The van der Waals surface area contributed by atoms with Gasteiger partial charge in [0.05, 0.1) is 26.4 Å². The molecule has 0 aromatic heterocycles. The lowest BCUT2D eigenvalue weighted by Crippen LogP contribution is -2.43. The smallest absolute Gasteiger partial charge is 0.241 e. The van der Waals surface area contributed by atoms with E-state index in [0.717, 1.165) is 0 Å². The molecule has 132 valence electrons. The molecule has 0 aromatic carbocycles. The third kappa shape index (κ3) is 5.08. The van der Waals surface area contributed by atoms with Crippen molar-refractivity contribution in [2.45, 2.75) is 29.9 Å². The maximum absolute atomic E-state index is 12.0. The van der Waals surface area contributed by atoms with Crippen molar-refractivity contribution >= 4 is 10.0 Å². The number of nitrogens with one attached hydrogen (secondary N) is 1. The first-order valence-corrected chi connectivity index (χ1v) is 8.25. The molecule has 0 saturated carbocycles. The molecule has 1 aliphatic rings. The highest BCUT2D eigenvalue weighted by molar-refractivity contribution is 7.90. The highest BCUT2D eigenvalue weighted by atomic mass is 32.2. The zero-order valence-electron chi connectivity index (χ0n) is 12.2. The van der Waals surface area contributed by atoms with Crippen LogP contribution in [0.4, 0.5) is 0 Å². The standard InChI is InChI=1S/C11H23NO9S/c1-19-4-5-20-3-2-12-22(17,18)11-9(16)8(15)10(21-11)7(14)6-13/h7-16H,2-6H2,1H3/t7-,8+,9+,10-,11-/m0/s1. The molecule has 11 heteroatoms. The van der Waals surface area contributed by atoms with Gasteiger partial charge in [0, 0.05) is 13.7 Å². The zero-order chi connectivity index (χ0) is 16.8. The van der Waals surface area contributed by atoms with E-state index in [1.54, 1.807) is 0 Å². The van der Waals surface area contributed by atoms with Gasteiger partial charge in [0.25, 0.3) is 0 Å². The Morgan fingerprint density at radius 3 is 2.50 bits per heavy atom. The fourth-order valence-corrected chi connectivity index (χ4v) is 3.27. The summed E-state index contributed by atoms with van der Waals surface area (Å²) in [6, 6.07) is 0. The van der Waals surface area contributed by atoms with Gasteiger partial charge < -0.3 is 34.6 Å². The van der Waals surface area contributed by atoms with Gasteiger partial charge in [0.15, 0.2) is 0 Å². The molecule has 10 nitrogen and oxygen atoms in total. The van der Waals surface area contributed by atoms with E-state index in [9.17, 15) is 23.7 Å². The summed E-state index contributed by atoms with van der Waals surface area (Å²) in [5.41, 5.74) is -1.74. The molecule has 1 saturated heterocycles. The van der Waals surface area contributed by atoms with Gasteiger partial charge in [-0.15, -0.1) is 0 Å². The number of hydrogen-bond donors (Lipinski definition) is 5. The summed E-state index contributed by atoms with van der Waals surface area (Å²) in [7, 11) is -2.59. The normalized spacial score (nSPS) is 30.6. The van der Waals surface area contributed by atoms with E-state index >= 15 is 0 Å². The molecule has 0 aromatic rings. The summed E-state index contributed by atoms with van der Waals surface area (Å²) in [6.45, 7) is -0.00500. The molecule has 22 heavy (non-hydrogen) atoms. The number of rotatable bonds is 10. The van der Waals surface area contributed by atoms with Gasteiger partial charge >= 0.3 is 0 Å². The number of hydrogen-bond acceptors (Lipinski definition) is 9. The SMILES string of the molecule is COCCOCCNS(=O)(=O)[C@@H]1O[C@@H]([C@@H](O)CO)[C@H](O)[C@H]1O. The quantitative estimate of drug-likeness (QED) is 0.252. The Morgan fingerprint density at radius 2 is 1.91 bits per heavy atom.